The summed E-state index contributed by atoms with van der Waals surface area (Å²) in [4.78, 5) is 0. The first-order chi connectivity index (χ1) is 4.74. The van der Waals surface area contributed by atoms with Crippen LogP contribution in [-0.4, -0.2) is 6.04 Å². The van der Waals surface area contributed by atoms with Crippen LogP contribution in [0.15, 0.2) is 14.4 Å². The van der Waals surface area contributed by atoms with Gasteiger partial charge in [-0.15, -0.1) is 0 Å². The van der Waals surface area contributed by atoms with Gasteiger partial charge in [-0.3, -0.25) is 0 Å². The molecular formula is C6H10IN3. The Labute approximate surface area is 73.7 Å². The highest BCUT2D eigenvalue weighted by atomic mass is 127. The van der Waals surface area contributed by atoms with Gasteiger partial charge in [0.2, 0.25) is 0 Å². The van der Waals surface area contributed by atoms with Crippen LogP contribution in [0.4, 0.5) is 0 Å². The molecule has 56 valence electrons. The lowest BCUT2D eigenvalue weighted by Gasteiger charge is -2.17. The second-order valence-electron chi connectivity index (χ2n) is 2.47. The summed E-state index contributed by atoms with van der Waals surface area (Å²) in [6.45, 7) is 0. The van der Waals surface area contributed by atoms with Crippen LogP contribution in [0.2, 0.25) is 0 Å². The molecule has 4 heteroatoms. The molecule has 0 saturated heterocycles. The molecule has 0 aromatic heterocycles. The predicted molar refractivity (Wildman–Crippen MR) is 48.0 cm³/mol. The van der Waals surface area contributed by atoms with Gasteiger partial charge in [0.25, 0.3) is 0 Å². The van der Waals surface area contributed by atoms with Crippen LogP contribution in [0.3, 0.4) is 0 Å². The number of nitrogens with zero attached hydrogens (tertiary/aromatic N) is 1. The SMILES string of the molecule is N=NC1=C(I)CC(N)CC1. The predicted octanol–water partition coefficient (Wildman–Crippen LogP) is 2.18. The minimum absolute atomic E-state index is 0.289. The van der Waals surface area contributed by atoms with Crippen LogP contribution < -0.4 is 5.73 Å². The second-order valence-corrected chi connectivity index (χ2v) is 3.77. The van der Waals surface area contributed by atoms with E-state index >= 15 is 0 Å². The number of nitrogens with one attached hydrogen (secondary N) is 1. The Balaban J connectivity index is 2.70. The lowest BCUT2D eigenvalue weighted by Crippen LogP contribution is -2.22. The van der Waals surface area contributed by atoms with E-state index in [0.717, 1.165) is 28.5 Å². The van der Waals surface area contributed by atoms with Crippen LogP contribution in [0.5, 0.6) is 0 Å². The van der Waals surface area contributed by atoms with E-state index in [9.17, 15) is 0 Å². The van der Waals surface area contributed by atoms with Gasteiger partial charge in [0.1, 0.15) is 0 Å². The fourth-order valence-corrected chi connectivity index (χ4v) is 1.98. The Morgan fingerprint density at radius 2 is 2.40 bits per heavy atom. The third-order valence-corrected chi connectivity index (χ3v) is 2.70. The van der Waals surface area contributed by atoms with E-state index in [1.807, 2.05) is 0 Å². The Morgan fingerprint density at radius 1 is 1.70 bits per heavy atom. The standard InChI is InChI=1S/C6H10IN3/c7-5-3-4(8)1-2-6(5)10-9/h4,9H,1-3,8H2. The van der Waals surface area contributed by atoms with Gasteiger partial charge in [-0.1, -0.05) is 0 Å². The molecule has 0 radical (unpaired) electrons. The Bertz CT molecular complexity index is 176. The van der Waals surface area contributed by atoms with Crippen molar-refractivity contribution < 1.29 is 0 Å². The molecule has 3 nitrogen and oxygen atoms in total. The van der Waals surface area contributed by atoms with Gasteiger partial charge in [-0.25, -0.2) is 5.53 Å². The molecule has 0 fully saturated rings. The number of allylic oxidation sites excluding steroid dienone is 1. The number of nitrogens with two attached hydrogens (primary N) is 1. The molecule has 0 aromatic carbocycles. The molecule has 0 amide bonds. The summed E-state index contributed by atoms with van der Waals surface area (Å²) in [5, 5.41) is 3.43. The van der Waals surface area contributed by atoms with Gasteiger partial charge in [0, 0.05) is 9.62 Å². The van der Waals surface area contributed by atoms with Crippen molar-refractivity contribution in [1.29, 1.82) is 5.53 Å². The van der Waals surface area contributed by atoms with Gasteiger partial charge in [-0.05, 0) is 41.9 Å². The highest BCUT2D eigenvalue weighted by Crippen LogP contribution is 2.28. The second kappa shape index (κ2) is 3.43. The van der Waals surface area contributed by atoms with Crippen LogP contribution in [0.1, 0.15) is 19.3 Å². The fourth-order valence-electron chi connectivity index (χ4n) is 1.02. The zero-order chi connectivity index (χ0) is 7.56. The normalized spacial score (nSPS) is 26.8. The number of rotatable bonds is 1. The molecule has 1 aliphatic rings. The van der Waals surface area contributed by atoms with Gasteiger partial charge >= 0.3 is 0 Å². The van der Waals surface area contributed by atoms with E-state index in [1.165, 1.54) is 0 Å². The molecule has 0 saturated carbocycles. The summed E-state index contributed by atoms with van der Waals surface area (Å²) >= 11 is 2.22. The van der Waals surface area contributed by atoms with Crippen molar-refractivity contribution in [1.82, 2.24) is 0 Å². The van der Waals surface area contributed by atoms with E-state index < -0.39 is 0 Å². The molecule has 0 aliphatic heterocycles. The van der Waals surface area contributed by atoms with Gasteiger partial charge in [-0.2, -0.15) is 5.11 Å². The lowest BCUT2D eigenvalue weighted by molar-refractivity contribution is 0.579. The molecule has 1 unspecified atom stereocenters. The van der Waals surface area contributed by atoms with Crippen molar-refractivity contribution in [3.05, 3.63) is 9.28 Å². The molecule has 0 spiro atoms. The third-order valence-electron chi connectivity index (χ3n) is 1.64. The number of hydrogen-bond acceptors (Lipinski definition) is 3. The monoisotopic (exact) mass is 251 g/mol. The molecule has 3 N–H and O–H groups in total. The summed E-state index contributed by atoms with van der Waals surface area (Å²) in [6.07, 6.45) is 2.76. The van der Waals surface area contributed by atoms with E-state index in [0.29, 0.717) is 0 Å². The molecule has 1 rings (SSSR count). The van der Waals surface area contributed by atoms with E-state index in [-0.39, 0.29) is 6.04 Å². The first-order valence-corrected chi connectivity index (χ1v) is 4.32. The summed E-state index contributed by atoms with van der Waals surface area (Å²) in [5.41, 5.74) is 13.4. The van der Waals surface area contributed by atoms with Crippen LogP contribution in [-0.2, 0) is 0 Å². The number of halogens is 1. The van der Waals surface area contributed by atoms with Gasteiger partial charge in [0.05, 0.1) is 5.70 Å². The minimum atomic E-state index is 0.289. The van der Waals surface area contributed by atoms with Crippen molar-refractivity contribution in [3.8, 4) is 0 Å². The topological polar surface area (TPSA) is 62.2 Å². The van der Waals surface area contributed by atoms with Crippen LogP contribution in [0, 0.1) is 5.53 Å². The largest absolute Gasteiger partial charge is 0.327 e. The average molecular weight is 251 g/mol. The van der Waals surface area contributed by atoms with E-state index in [4.69, 9.17) is 11.3 Å². The Kier molecular flexibility index (Phi) is 2.79. The van der Waals surface area contributed by atoms with Crippen molar-refractivity contribution in [2.24, 2.45) is 10.8 Å². The lowest BCUT2D eigenvalue weighted by atomic mass is 10.0. The van der Waals surface area contributed by atoms with Gasteiger partial charge in [0.15, 0.2) is 0 Å². The first kappa shape index (κ1) is 8.13. The first-order valence-electron chi connectivity index (χ1n) is 3.24. The smallest absolute Gasteiger partial charge is 0.0717 e. The minimum Gasteiger partial charge on any atom is -0.327 e. The highest BCUT2D eigenvalue weighted by Gasteiger charge is 2.15. The zero-order valence-corrected chi connectivity index (χ0v) is 7.76. The van der Waals surface area contributed by atoms with Crippen LogP contribution >= 0.6 is 22.6 Å². The summed E-state index contributed by atoms with van der Waals surface area (Å²) in [7, 11) is 0. The van der Waals surface area contributed by atoms with Crippen LogP contribution in [0.25, 0.3) is 0 Å². The van der Waals surface area contributed by atoms with Crippen molar-refractivity contribution in [3.63, 3.8) is 0 Å². The summed E-state index contributed by atoms with van der Waals surface area (Å²) in [5.74, 6) is 0. The maximum absolute atomic E-state index is 6.81. The van der Waals surface area contributed by atoms with E-state index in [2.05, 4.69) is 27.7 Å². The molecular weight excluding hydrogens is 241 g/mol. The fraction of sp³-hybridized carbons (Fsp3) is 0.667. The maximum atomic E-state index is 6.81. The third kappa shape index (κ3) is 1.76. The Hall–Kier alpha value is 0.0300. The maximum Gasteiger partial charge on any atom is 0.0717 e. The molecule has 0 heterocycles. The molecule has 1 atom stereocenters. The summed E-state index contributed by atoms with van der Waals surface area (Å²) < 4.78 is 1.16. The molecule has 1 aliphatic carbocycles. The van der Waals surface area contributed by atoms with Crippen molar-refractivity contribution in [2.75, 3.05) is 0 Å². The zero-order valence-electron chi connectivity index (χ0n) is 5.60. The average Bonchev–Trinajstić information content (AvgIpc) is 1.88. The quantitative estimate of drug-likeness (QED) is 0.544. The Morgan fingerprint density at radius 3 is 2.90 bits per heavy atom. The molecule has 10 heavy (non-hydrogen) atoms. The summed E-state index contributed by atoms with van der Waals surface area (Å²) in [6, 6.07) is 0.289. The number of hydrogen-bond donors (Lipinski definition) is 2. The highest BCUT2D eigenvalue weighted by molar-refractivity contribution is 14.1. The molecule has 0 bridgehead atoms. The van der Waals surface area contributed by atoms with Crippen molar-refractivity contribution in [2.45, 2.75) is 25.3 Å². The van der Waals surface area contributed by atoms with Crippen molar-refractivity contribution >= 4 is 22.6 Å². The van der Waals surface area contributed by atoms with Gasteiger partial charge < -0.3 is 5.73 Å². The molecule has 0 aromatic rings. The van der Waals surface area contributed by atoms with E-state index in [1.54, 1.807) is 0 Å².